The molecule has 0 unspecified atom stereocenters. The van der Waals surface area contributed by atoms with E-state index < -0.39 is 0 Å². The Morgan fingerprint density at radius 1 is 1.50 bits per heavy atom. The number of nitriles is 1. The second-order valence-electron chi connectivity index (χ2n) is 4.30. The predicted molar refractivity (Wildman–Crippen MR) is 46.3 cm³/mol. The van der Waals surface area contributed by atoms with Crippen molar-refractivity contribution in [2.75, 3.05) is 0 Å². The van der Waals surface area contributed by atoms with Gasteiger partial charge in [-0.05, 0) is 24.2 Å². The Morgan fingerprint density at radius 3 is 2.50 bits per heavy atom. The SMILES string of the molecule is CC(=O)C[C@H]1[C@@H](CC#N)C1(C)C. The molecule has 66 valence electrons. The molecule has 0 aromatic rings. The van der Waals surface area contributed by atoms with Crippen molar-refractivity contribution >= 4 is 5.78 Å². The van der Waals surface area contributed by atoms with E-state index in [0.29, 0.717) is 24.7 Å². The van der Waals surface area contributed by atoms with Crippen LogP contribution in [0, 0.1) is 28.6 Å². The topological polar surface area (TPSA) is 40.9 Å². The second-order valence-corrected chi connectivity index (χ2v) is 4.30. The summed E-state index contributed by atoms with van der Waals surface area (Å²) in [6, 6.07) is 2.18. The molecule has 0 spiro atoms. The maximum atomic E-state index is 10.8. The van der Waals surface area contributed by atoms with E-state index in [1.54, 1.807) is 6.92 Å². The third-order valence-corrected chi connectivity index (χ3v) is 3.11. The number of carbonyl (C=O) groups is 1. The lowest BCUT2D eigenvalue weighted by Gasteiger charge is -1.98. The molecule has 1 aliphatic carbocycles. The molecule has 1 saturated carbocycles. The fourth-order valence-corrected chi connectivity index (χ4v) is 2.08. The molecular weight excluding hydrogens is 150 g/mol. The van der Waals surface area contributed by atoms with Gasteiger partial charge >= 0.3 is 0 Å². The lowest BCUT2D eigenvalue weighted by Crippen LogP contribution is -1.96. The van der Waals surface area contributed by atoms with Crippen LogP contribution in [0.3, 0.4) is 0 Å². The van der Waals surface area contributed by atoms with Gasteiger partial charge in [0.25, 0.3) is 0 Å². The summed E-state index contributed by atoms with van der Waals surface area (Å²) in [5.41, 5.74) is 0.224. The van der Waals surface area contributed by atoms with Gasteiger partial charge < -0.3 is 4.79 Å². The first-order valence-corrected chi connectivity index (χ1v) is 4.36. The minimum atomic E-state index is 0.224. The number of carbonyl (C=O) groups excluding carboxylic acids is 1. The first-order valence-electron chi connectivity index (χ1n) is 4.36. The fourth-order valence-electron chi connectivity index (χ4n) is 2.08. The van der Waals surface area contributed by atoms with E-state index in [9.17, 15) is 4.79 Å². The van der Waals surface area contributed by atoms with Gasteiger partial charge in [-0.15, -0.1) is 0 Å². The summed E-state index contributed by atoms with van der Waals surface area (Å²) in [5, 5.41) is 8.53. The molecule has 0 amide bonds. The molecule has 0 saturated heterocycles. The van der Waals surface area contributed by atoms with Gasteiger partial charge in [-0.1, -0.05) is 13.8 Å². The smallest absolute Gasteiger partial charge is 0.130 e. The molecule has 0 aromatic heterocycles. The van der Waals surface area contributed by atoms with E-state index in [2.05, 4.69) is 19.9 Å². The highest BCUT2D eigenvalue weighted by Crippen LogP contribution is 2.61. The first kappa shape index (κ1) is 9.25. The zero-order valence-electron chi connectivity index (χ0n) is 7.92. The van der Waals surface area contributed by atoms with Crippen molar-refractivity contribution in [3.05, 3.63) is 0 Å². The molecule has 0 bridgehead atoms. The van der Waals surface area contributed by atoms with E-state index >= 15 is 0 Å². The van der Waals surface area contributed by atoms with Gasteiger partial charge in [-0.3, -0.25) is 0 Å². The van der Waals surface area contributed by atoms with E-state index in [1.165, 1.54) is 0 Å². The molecule has 1 rings (SSSR count). The Labute approximate surface area is 73.6 Å². The Balaban J connectivity index is 2.49. The summed E-state index contributed by atoms with van der Waals surface area (Å²) in [6.45, 7) is 5.91. The van der Waals surface area contributed by atoms with Gasteiger partial charge in [0.15, 0.2) is 0 Å². The van der Waals surface area contributed by atoms with E-state index in [-0.39, 0.29) is 11.2 Å². The third-order valence-electron chi connectivity index (χ3n) is 3.11. The van der Waals surface area contributed by atoms with Crippen LogP contribution in [0.2, 0.25) is 0 Å². The number of nitrogens with zero attached hydrogens (tertiary/aromatic N) is 1. The number of hydrogen-bond donors (Lipinski definition) is 0. The minimum Gasteiger partial charge on any atom is -0.300 e. The maximum absolute atomic E-state index is 10.8. The molecule has 0 aliphatic heterocycles. The van der Waals surface area contributed by atoms with Gasteiger partial charge in [0.2, 0.25) is 0 Å². The van der Waals surface area contributed by atoms with Gasteiger partial charge in [0.05, 0.1) is 6.07 Å². The van der Waals surface area contributed by atoms with Crippen LogP contribution in [0.15, 0.2) is 0 Å². The Bertz CT molecular complexity index is 237. The van der Waals surface area contributed by atoms with Crippen LogP contribution >= 0.6 is 0 Å². The lowest BCUT2D eigenvalue weighted by molar-refractivity contribution is -0.117. The first-order chi connectivity index (χ1) is 5.50. The largest absolute Gasteiger partial charge is 0.300 e. The molecule has 1 aliphatic rings. The minimum absolute atomic E-state index is 0.224. The number of rotatable bonds is 3. The summed E-state index contributed by atoms with van der Waals surface area (Å²) < 4.78 is 0. The monoisotopic (exact) mass is 165 g/mol. The zero-order valence-corrected chi connectivity index (χ0v) is 7.92. The molecule has 0 N–H and O–H groups in total. The summed E-state index contributed by atoms with van der Waals surface area (Å²) in [4.78, 5) is 10.8. The van der Waals surface area contributed by atoms with Crippen molar-refractivity contribution in [1.29, 1.82) is 5.26 Å². The Hall–Kier alpha value is -0.840. The van der Waals surface area contributed by atoms with Crippen LogP contribution in [0.25, 0.3) is 0 Å². The highest BCUT2D eigenvalue weighted by molar-refractivity contribution is 5.76. The molecule has 12 heavy (non-hydrogen) atoms. The number of ketones is 1. The molecule has 1 fully saturated rings. The van der Waals surface area contributed by atoms with Crippen LogP contribution in [0.4, 0.5) is 0 Å². The second kappa shape index (κ2) is 2.90. The molecule has 0 radical (unpaired) electrons. The van der Waals surface area contributed by atoms with Crippen molar-refractivity contribution in [2.45, 2.75) is 33.6 Å². The van der Waals surface area contributed by atoms with Crippen molar-refractivity contribution in [1.82, 2.24) is 0 Å². The van der Waals surface area contributed by atoms with Gasteiger partial charge in [0.1, 0.15) is 5.78 Å². The molecule has 0 heterocycles. The van der Waals surface area contributed by atoms with Crippen LogP contribution in [-0.2, 0) is 4.79 Å². The molecule has 0 aromatic carbocycles. The van der Waals surface area contributed by atoms with Crippen LogP contribution in [0.5, 0.6) is 0 Å². The summed E-state index contributed by atoms with van der Waals surface area (Å²) in [7, 11) is 0. The predicted octanol–water partition coefficient (Wildman–Crippen LogP) is 2.15. The Morgan fingerprint density at radius 2 is 2.08 bits per heavy atom. The van der Waals surface area contributed by atoms with Crippen molar-refractivity contribution in [3.8, 4) is 6.07 Å². The van der Waals surface area contributed by atoms with Gasteiger partial charge in [0, 0.05) is 12.8 Å². The number of hydrogen-bond acceptors (Lipinski definition) is 2. The average molecular weight is 165 g/mol. The van der Waals surface area contributed by atoms with Crippen LogP contribution in [-0.4, -0.2) is 5.78 Å². The number of Topliss-reactive ketones (excluding diaryl/α,β-unsaturated/α-hetero) is 1. The molecular formula is C10H15NO. The van der Waals surface area contributed by atoms with Crippen LogP contribution < -0.4 is 0 Å². The molecule has 2 heteroatoms. The van der Waals surface area contributed by atoms with E-state index in [0.717, 1.165) is 0 Å². The summed E-state index contributed by atoms with van der Waals surface area (Å²) in [5.74, 6) is 1.15. The highest BCUT2D eigenvalue weighted by Gasteiger charge is 2.56. The van der Waals surface area contributed by atoms with Crippen molar-refractivity contribution in [3.63, 3.8) is 0 Å². The standard InChI is InChI=1S/C10H15NO/c1-7(12)6-9-8(4-5-11)10(9,2)3/h8-9H,4,6H2,1-3H3/t8-,9+/m1/s1. The molecule has 2 atom stereocenters. The normalized spacial score (nSPS) is 30.8. The van der Waals surface area contributed by atoms with Crippen molar-refractivity contribution < 1.29 is 4.79 Å². The molecule has 2 nitrogen and oxygen atoms in total. The van der Waals surface area contributed by atoms with E-state index in [4.69, 9.17) is 5.26 Å². The quantitative estimate of drug-likeness (QED) is 0.643. The zero-order chi connectivity index (χ0) is 9.35. The van der Waals surface area contributed by atoms with Gasteiger partial charge in [-0.25, -0.2) is 0 Å². The summed E-state index contributed by atoms with van der Waals surface area (Å²) >= 11 is 0. The highest BCUT2D eigenvalue weighted by atomic mass is 16.1. The summed E-state index contributed by atoms with van der Waals surface area (Å²) in [6.07, 6.45) is 1.25. The fraction of sp³-hybridized carbons (Fsp3) is 0.800. The average Bonchev–Trinajstić information content (AvgIpc) is 2.39. The Kier molecular flexibility index (Phi) is 2.23. The van der Waals surface area contributed by atoms with Gasteiger partial charge in [-0.2, -0.15) is 5.26 Å². The maximum Gasteiger partial charge on any atom is 0.130 e. The third kappa shape index (κ3) is 1.50. The van der Waals surface area contributed by atoms with E-state index in [1.807, 2.05) is 0 Å². The lowest BCUT2D eigenvalue weighted by atomic mass is 10.1. The van der Waals surface area contributed by atoms with Crippen molar-refractivity contribution in [2.24, 2.45) is 17.3 Å². The van der Waals surface area contributed by atoms with Crippen LogP contribution in [0.1, 0.15) is 33.6 Å².